The average molecular weight is 222 g/mol. The molecule has 0 radical (unpaired) electrons. The number of rotatable bonds is 5. The predicted octanol–water partition coefficient (Wildman–Crippen LogP) is 1.76. The molecule has 1 rings (SSSR count). The Kier molecular flexibility index (Phi) is 4.79. The van der Waals surface area contributed by atoms with E-state index in [4.69, 9.17) is 10.5 Å². The fourth-order valence-corrected chi connectivity index (χ4v) is 1.14. The van der Waals surface area contributed by atoms with E-state index < -0.39 is 6.04 Å². The van der Waals surface area contributed by atoms with Crippen molar-refractivity contribution in [3.8, 4) is 5.75 Å². The summed E-state index contributed by atoms with van der Waals surface area (Å²) in [6, 6.07) is 6.77. The third-order valence-electron chi connectivity index (χ3n) is 1.99. The molecule has 0 aliphatic carbocycles. The lowest BCUT2D eigenvalue weighted by Gasteiger charge is -2.09. The van der Waals surface area contributed by atoms with Gasteiger partial charge in [-0.3, -0.25) is 4.79 Å². The lowest BCUT2D eigenvalue weighted by Crippen LogP contribution is -2.32. The Morgan fingerprint density at radius 1 is 1.56 bits per heavy atom. The van der Waals surface area contributed by atoms with Crippen LogP contribution in [0.25, 0.3) is 0 Å². The van der Waals surface area contributed by atoms with Gasteiger partial charge in [0.05, 0.1) is 12.6 Å². The highest BCUT2D eigenvalue weighted by Gasteiger charge is 2.07. The van der Waals surface area contributed by atoms with Gasteiger partial charge in [0.25, 0.3) is 0 Å². The molecule has 1 aromatic rings. The normalized spacial score (nSPS) is 11.9. The first-order chi connectivity index (χ1) is 7.63. The second-order valence-corrected chi connectivity index (χ2v) is 3.65. The standard InChI is InChI=1S/C12H18N2O2/c1-3-7-16-11-6-4-5-10(8-11)14-12(15)9(2)13/h4-6,8-9H,3,7,13H2,1-2H3,(H,14,15)/t9-/m1/s1. The topological polar surface area (TPSA) is 64.3 Å². The van der Waals surface area contributed by atoms with E-state index in [2.05, 4.69) is 5.32 Å². The Morgan fingerprint density at radius 2 is 2.31 bits per heavy atom. The van der Waals surface area contributed by atoms with Gasteiger partial charge >= 0.3 is 0 Å². The first kappa shape index (κ1) is 12.5. The number of ether oxygens (including phenoxy) is 1. The van der Waals surface area contributed by atoms with E-state index in [0.29, 0.717) is 12.3 Å². The third-order valence-corrected chi connectivity index (χ3v) is 1.99. The van der Waals surface area contributed by atoms with E-state index in [0.717, 1.165) is 12.2 Å². The van der Waals surface area contributed by atoms with Gasteiger partial charge in [0.2, 0.25) is 5.91 Å². The first-order valence-corrected chi connectivity index (χ1v) is 5.42. The van der Waals surface area contributed by atoms with Crippen LogP contribution >= 0.6 is 0 Å². The minimum absolute atomic E-state index is 0.201. The summed E-state index contributed by atoms with van der Waals surface area (Å²) in [5, 5.41) is 2.71. The van der Waals surface area contributed by atoms with Crippen LogP contribution in [-0.4, -0.2) is 18.6 Å². The second-order valence-electron chi connectivity index (χ2n) is 3.65. The summed E-state index contributed by atoms with van der Waals surface area (Å²) in [5.74, 6) is 0.553. The van der Waals surface area contributed by atoms with E-state index in [-0.39, 0.29) is 5.91 Å². The van der Waals surface area contributed by atoms with Gasteiger partial charge in [0.15, 0.2) is 0 Å². The van der Waals surface area contributed by atoms with E-state index in [9.17, 15) is 4.79 Å². The molecule has 4 nitrogen and oxygen atoms in total. The molecule has 1 amide bonds. The zero-order valence-corrected chi connectivity index (χ0v) is 9.69. The van der Waals surface area contributed by atoms with Gasteiger partial charge in [0, 0.05) is 11.8 Å². The molecule has 0 heterocycles. The molecule has 0 aliphatic rings. The Bertz CT molecular complexity index is 351. The maximum Gasteiger partial charge on any atom is 0.241 e. The maximum atomic E-state index is 11.4. The SMILES string of the molecule is CCCOc1cccc(NC(=O)[C@@H](C)N)c1. The van der Waals surface area contributed by atoms with Crippen molar-refractivity contribution < 1.29 is 9.53 Å². The largest absolute Gasteiger partial charge is 0.494 e. The Balaban J connectivity index is 2.63. The van der Waals surface area contributed by atoms with E-state index >= 15 is 0 Å². The molecule has 1 atom stereocenters. The number of anilines is 1. The zero-order valence-electron chi connectivity index (χ0n) is 9.69. The number of nitrogens with one attached hydrogen (secondary N) is 1. The Labute approximate surface area is 95.8 Å². The first-order valence-electron chi connectivity index (χ1n) is 5.42. The van der Waals surface area contributed by atoms with Gasteiger partial charge in [0.1, 0.15) is 5.75 Å². The summed E-state index contributed by atoms with van der Waals surface area (Å²) in [5.41, 5.74) is 6.16. The van der Waals surface area contributed by atoms with Gasteiger partial charge < -0.3 is 15.8 Å². The molecule has 0 saturated carbocycles. The highest BCUT2D eigenvalue weighted by molar-refractivity contribution is 5.94. The number of carbonyl (C=O) groups excluding carboxylic acids is 1. The fourth-order valence-electron chi connectivity index (χ4n) is 1.14. The van der Waals surface area contributed by atoms with E-state index in [1.807, 2.05) is 19.1 Å². The molecule has 0 saturated heterocycles. The van der Waals surface area contributed by atoms with Gasteiger partial charge in [-0.05, 0) is 25.5 Å². The van der Waals surface area contributed by atoms with Crippen molar-refractivity contribution in [2.75, 3.05) is 11.9 Å². The van der Waals surface area contributed by atoms with Crippen molar-refractivity contribution >= 4 is 11.6 Å². The summed E-state index contributed by atoms with van der Waals surface area (Å²) in [6.45, 7) is 4.36. The lowest BCUT2D eigenvalue weighted by molar-refractivity contribution is -0.117. The van der Waals surface area contributed by atoms with Crippen LogP contribution in [0.4, 0.5) is 5.69 Å². The summed E-state index contributed by atoms with van der Waals surface area (Å²) < 4.78 is 5.46. The van der Waals surface area contributed by atoms with Crippen molar-refractivity contribution in [2.24, 2.45) is 5.73 Å². The van der Waals surface area contributed by atoms with Crippen LogP contribution in [0, 0.1) is 0 Å². The van der Waals surface area contributed by atoms with Crippen LogP contribution in [0.1, 0.15) is 20.3 Å². The number of amides is 1. The molecule has 0 aromatic heterocycles. The monoisotopic (exact) mass is 222 g/mol. The molecular weight excluding hydrogens is 204 g/mol. The van der Waals surface area contributed by atoms with Gasteiger partial charge in [-0.15, -0.1) is 0 Å². The van der Waals surface area contributed by atoms with Crippen LogP contribution < -0.4 is 15.8 Å². The molecule has 0 bridgehead atoms. The number of hydrogen-bond donors (Lipinski definition) is 2. The van der Waals surface area contributed by atoms with Crippen molar-refractivity contribution in [3.05, 3.63) is 24.3 Å². The van der Waals surface area contributed by atoms with Crippen LogP contribution in [0.15, 0.2) is 24.3 Å². The number of benzene rings is 1. The molecule has 0 fully saturated rings. The molecule has 0 spiro atoms. The second kappa shape index (κ2) is 6.12. The van der Waals surface area contributed by atoms with Crippen LogP contribution in [0.2, 0.25) is 0 Å². The molecule has 4 heteroatoms. The number of hydrogen-bond acceptors (Lipinski definition) is 3. The summed E-state index contributed by atoms with van der Waals surface area (Å²) in [4.78, 5) is 11.4. The Hall–Kier alpha value is -1.55. The molecule has 0 unspecified atom stereocenters. The predicted molar refractivity (Wildman–Crippen MR) is 64.5 cm³/mol. The quantitative estimate of drug-likeness (QED) is 0.798. The van der Waals surface area contributed by atoms with Crippen molar-refractivity contribution in [3.63, 3.8) is 0 Å². The van der Waals surface area contributed by atoms with Crippen molar-refractivity contribution in [1.29, 1.82) is 0 Å². The van der Waals surface area contributed by atoms with Crippen LogP contribution in [-0.2, 0) is 4.79 Å². The lowest BCUT2D eigenvalue weighted by atomic mass is 10.2. The van der Waals surface area contributed by atoms with Gasteiger partial charge in [-0.25, -0.2) is 0 Å². The van der Waals surface area contributed by atoms with E-state index in [1.54, 1.807) is 19.1 Å². The molecule has 1 aromatic carbocycles. The fraction of sp³-hybridized carbons (Fsp3) is 0.417. The van der Waals surface area contributed by atoms with Crippen LogP contribution in [0.3, 0.4) is 0 Å². The van der Waals surface area contributed by atoms with Crippen molar-refractivity contribution in [2.45, 2.75) is 26.3 Å². The molecule has 88 valence electrons. The summed E-state index contributed by atoms with van der Waals surface area (Å²) in [6.07, 6.45) is 0.955. The minimum Gasteiger partial charge on any atom is -0.494 e. The minimum atomic E-state index is -0.514. The number of nitrogens with two attached hydrogens (primary N) is 1. The highest BCUT2D eigenvalue weighted by Crippen LogP contribution is 2.17. The van der Waals surface area contributed by atoms with Gasteiger partial charge in [-0.2, -0.15) is 0 Å². The summed E-state index contributed by atoms with van der Waals surface area (Å²) in [7, 11) is 0. The van der Waals surface area contributed by atoms with E-state index in [1.165, 1.54) is 0 Å². The molecule has 3 N–H and O–H groups in total. The maximum absolute atomic E-state index is 11.4. The zero-order chi connectivity index (χ0) is 12.0. The average Bonchev–Trinajstić information content (AvgIpc) is 2.26. The molecule has 16 heavy (non-hydrogen) atoms. The third kappa shape index (κ3) is 3.90. The smallest absolute Gasteiger partial charge is 0.241 e. The van der Waals surface area contributed by atoms with Crippen LogP contribution in [0.5, 0.6) is 5.75 Å². The van der Waals surface area contributed by atoms with Gasteiger partial charge in [-0.1, -0.05) is 13.0 Å². The molecule has 0 aliphatic heterocycles. The highest BCUT2D eigenvalue weighted by atomic mass is 16.5. The summed E-state index contributed by atoms with van der Waals surface area (Å²) >= 11 is 0. The van der Waals surface area contributed by atoms with Crippen molar-refractivity contribution in [1.82, 2.24) is 0 Å². The number of carbonyl (C=O) groups is 1. The molecular formula is C12H18N2O2. The Morgan fingerprint density at radius 3 is 2.94 bits per heavy atom.